The Balaban J connectivity index is 2.65. The number of carboxylic acids is 1. The first-order valence-corrected chi connectivity index (χ1v) is 4.21. The molecule has 0 radical (unpaired) electrons. The summed E-state index contributed by atoms with van der Waals surface area (Å²) < 4.78 is 5.22. The van der Waals surface area contributed by atoms with E-state index in [4.69, 9.17) is 9.84 Å². The van der Waals surface area contributed by atoms with E-state index in [2.05, 4.69) is 0 Å². The van der Waals surface area contributed by atoms with Crippen LogP contribution in [0.4, 0.5) is 0 Å². The number of carboxylic acid groups (broad SMARTS) is 1. The van der Waals surface area contributed by atoms with Gasteiger partial charge in [0.05, 0.1) is 12.2 Å². The van der Waals surface area contributed by atoms with Gasteiger partial charge in [-0.1, -0.05) is 0 Å². The van der Waals surface area contributed by atoms with Gasteiger partial charge in [-0.05, 0) is 12.1 Å². The van der Waals surface area contributed by atoms with Gasteiger partial charge in [0.25, 0.3) is 0 Å². The lowest BCUT2D eigenvalue weighted by atomic mass is 10.0. The van der Waals surface area contributed by atoms with Gasteiger partial charge in [-0.25, -0.2) is 4.79 Å². The average molecular weight is 192 g/mol. The second-order valence-corrected chi connectivity index (χ2v) is 3.02. The summed E-state index contributed by atoms with van der Waals surface area (Å²) in [5.41, 5.74) is 0.997. The Hall–Kier alpha value is -1.84. The van der Waals surface area contributed by atoms with Crippen LogP contribution in [0.3, 0.4) is 0 Å². The minimum Gasteiger partial charge on any atom is -0.493 e. The van der Waals surface area contributed by atoms with Crippen LogP contribution in [0.1, 0.15) is 26.3 Å². The van der Waals surface area contributed by atoms with E-state index < -0.39 is 5.97 Å². The third kappa shape index (κ3) is 1.16. The fourth-order valence-electron chi connectivity index (χ4n) is 1.62. The molecule has 4 heteroatoms. The SMILES string of the molecule is O=Cc1c(C(=O)O)ccc2c1CCO2. The zero-order valence-electron chi connectivity index (χ0n) is 7.32. The molecule has 0 unspecified atom stereocenters. The van der Waals surface area contributed by atoms with E-state index in [0.717, 1.165) is 0 Å². The molecule has 1 N–H and O–H groups in total. The molecule has 1 aromatic carbocycles. The van der Waals surface area contributed by atoms with Crippen molar-refractivity contribution in [2.75, 3.05) is 6.61 Å². The summed E-state index contributed by atoms with van der Waals surface area (Å²) in [6.07, 6.45) is 1.18. The Labute approximate surface area is 80.1 Å². The number of hydrogen-bond acceptors (Lipinski definition) is 3. The summed E-state index contributed by atoms with van der Waals surface area (Å²) >= 11 is 0. The number of ether oxygens (including phenoxy) is 1. The Morgan fingerprint density at radius 1 is 1.50 bits per heavy atom. The number of carbonyl (C=O) groups is 2. The number of aldehydes is 1. The number of aromatic carboxylic acids is 1. The predicted molar refractivity (Wildman–Crippen MR) is 48.0 cm³/mol. The van der Waals surface area contributed by atoms with E-state index in [1.165, 1.54) is 6.07 Å². The van der Waals surface area contributed by atoms with Crippen LogP contribution in [0, 0.1) is 0 Å². The number of benzene rings is 1. The van der Waals surface area contributed by atoms with Gasteiger partial charge >= 0.3 is 5.97 Å². The van der Waals surface area contributed by atoms with Crippen molar-refractivity contribution >= 4 is 12.3 Å². The van der Waals surface area contributed by atoms with Gasteiger partial charge in [0.2, 0.25) is 0 Å². The molecule has 72 valence electrons. The van der Waals surface area contributed by atoms with E-state index >= 15 is 0 Å². The molecule has 1 aliphatic heterocycles. The Kier molecular flexibility index (Phi) is 1.96. The van der Waals surface area contributed by atoms with Crippen LogP contribution in [-0.4, -0.2) is 24.0 Å². The molecule has 1 heterocycles. The first kappa shape index (κ1) is 8.74. The second-order valence-electron chi connectivity index (χ2n) is 3.02. The molecule has 4 nitrogen and oxygen atoms in total. The van der Waals surface area contributed by atoms with Crippen molar-refractivity contribution in [3.8, 4) is 5.75 Å². The van der Waals surface area contributed by atoms with Crippen LogP contribution in [-0.2, 0) is 6.42 Å². The molecule has 1 aromatic rings. The highest BCUT2D eigenvalue weighted by atomic mass is 16.5. The smallest absolute Gasteiger partial charge is 0.336 e. The van der Waals surface area contributed by atoms with Gasteiger partial charge in [-0.3, -0.25) is 4.79 Å². The first-order valence-electron chi connectivity index (χ1n) is 4.21. The molecular formula is C10H8O4. The van der Waals surface area contributed by atoms with Crippen molar-refractivity contribution in [1.82, 2.24) is 0 Å². The second kappa shape index (κ2) is 3.14. The van der Waals surface area contributed by atoms with Crippen LogP contribution in [0.5, 0.6) is 5.75 Å². The van der Waals surface area contributed by atoms with Gasteiger partial charge in [0.15, 0.2) is 6.29 Å². The highest BCUT2D eigenvalue weighted by Gasteiger charge is 2.21. The molecule has 0 atom stereocenters. The van der Waals surface area contributed by atoms with Crippen molar-refractivity contribution in [1.29, 1.82) is 0 Å². The standard InChI is InChI=1S/C10H8O4/c11-5-8-6-3-4-14-9(6)2-1-7(8)10(12)13/h1-2,5H,3-4H2,(H,12,13). The molecule has 0 spiro atoms. The van der Waals surface area contributed by atoms with Crippen molar-refractivity contribution in [2.45, 2.75) is 6.42 Å². The summed E-state index contributed by atoms with van der Waals surface area (Å²) in [6, 6.07) is 3.00. The van der Waals surface area contributed by atoms with Crippen molar-refractivity contribution in [3.05, 3.63) is 28.8 Å². The van der Waals surface area contributed by atoms with Gasteiger partial charge in [-0.2, -0.15) is 0 Å². The topological polar surface area (TPSA) is 63.6 Å². The Morgan fingerprint density at radius 3 is 2.93 bits per heavy atom. The molecule has 0 fully saturated rings. The van der Waals surface area contributed by atoms with E-state index in [9.17, 15) is 9.59 Å². The van der Waals surface area contributed by atoms with Crippen LogP contribution in [0.15, 0.2) is 12.1 Å². The lowest BCUT2D eigenvalue weighted by molar-refractivity contribution is 0.0694. The average Bonchev–Trinajstić information content (AvgIpc) is 2.63. The molecule has 0 bridgehead atoms. The zero-order chi connectivity index (χ0) is 10.1. The van der Waals surface area contributed by atoms with Crippen LogP contribution in [0.2, 0.25) is 0 Å². The fourth-order valence-corrected chi connectivity index (χ4v) is 1.62. The third-order valence-electron chi connectivity index (χ3n) is 2.27. The molecule has 1 aliphatic rings. The quantitative estimate of drug-likeness (QED) is 0.713. The van der Waals surface area contributed by atoms with Gasteiger partial charge < -0.3 is 9.84 Å². The molecule has 14 heavy (non-hydrogen) atoms. The number of rotatable bonds is 2. The van der Waals surface area contributed by atoms with Gasteiger partial charge in [-0.15, -0.1) is 0 Å². The van der Waals surface area contributed by atoms with E-state index in [0.29, 0.717) is 30.6 Å². The normalized spacial score (nSPS) is 13.1. The van der Waals surface area contributed by atoms with E-state index in [1.807, 2.05) is 0 Å². The van der Waals surface area contributed by atoms with E-state index in [-0.39, 0.29) is 11.1 Å². The van der Waals surface area contributed by atoms with Crippen LogP contribution < -0.4 is 4.74 Å². The Bertz CT molecular complexity index is 409. The maximum absolute atomic E-state index is 10.8. The number of fused-ring (bicyclic) bond motifs is 1. The summed E-state index contributed by atoms with van der Waals surface area (Å²) in [4.78, 5) is 21.6. The zero-order valence-corrected chi connectivity index (χ0v) is 7.32. The maximum Gasteiger partial charge on any atom is 0.336 e. The summed E-state index contributed by atoms with van der Waals surface area (Å²) in [5.74, 6) is -0.459. The van der Waals surface area contributed by atoms with Gasteiger partial charge in [0, 0.05) is 17.5 Å². The predicted octanol–water partition coefficient (Wildman–Crippen LogP) is 1.13. The number of hydrogen-bond donors (Lipinski definition) is 1. The molecule has 0 saturated carbocycles. The van der Waals surface area contributed by atoms with Crippen molar-refractivity contribution in [2.24, 2.45) is 0 Å². The van der Waals surface area contributed by atoms with Crippen molar-refractivity contribution < 1.29 is 19.4 Å². The molecule has 2 rings (SSSR count). The van der Waals surface area contributed by atoms with Gasteiger partial charge in [0.1, 0.15) is 5.75 Å². The highest BCUT2D eigenvalue weighted by Crippen LogP contribution is 2.29. The molecule has 0 aromatic heterocycles. The maximum atomic E-state index is 10.8. The lowest BCUT2D eigenvalue weighted by Gasteiger charge is -2.04. The number of carbonyl (C=O) groups excluding carboxylic acids is 1. The molecule has 0 aliphatic carbocycles. The molecular weight excluding hydrogens is 184 g/mol. The molecule has 0 saturated heterocycles. The minimum absolute atomic E-state index is 0.0456. The largest absolute Gasteiger partial charge is 0.493 e. The van der Waals surface area contributed by atoms with Crippen LogP contribution >= 0.6 is 0 Å². The first-order chi connectivity index (χ1) is 6.74. The molecule has 0 amide bonds. The summed E-state index contributed by atoms with van der Waals surface area (Å²) in [6.45, 7) is 0.513. The Morgan fingerprint density at radius 2 is 2.29 bits per heavy atom. The minimum atomic E-state index is -1.08. The van der Waals surface area contributed by atoms with Crippen LogP contribution in [0.25, 0.3) is 0 Å². The van der Waals surface area contributed by atoms with E-state index in [1.54, 1.807) is 6.07 Å². The third-order valence-corrected chi connectivity index (χ3v) is 2.27. The summed E-state index contributed by atoms with van der Waals surface area (Å²) in [5, 5.41) is 8.83. The summed E-state index contributed by atoms with van der Waals surface area (Å²) in [7, 11) is 0. The monoisotopic (exact) mass is 192 g/mol. The highest BCUT2D eigenvalue weighted by molar-refractivity contribution is 5.98. The fraction of sp³-hybridized carbons (Fsp3) is 0.200. The lowest BCUT2D eigenvalue weighted by Crippen LogP contribution is -2.04. The van der Waals surface area contributed by atoms with Crippen molar-refractivity contribution in [3.63, 3.8) is 0 Å².